The van der Waals surface area contributed by atoms with Crippen molar-refractivity contribution in [1.29, 1.82) is 0 Å². The lowest BCUT2D eigenvalue weighted by atomic mass is 10.1. The number of benzene rings is 1. The third kappa shape index (κ3) is 3.70. The Bertz CT molecular complexity index is 428. The Kier molecular flexibility index (Phi) is 3.72. The molecule has 0 aliphatic carbocycles. The molecule has 94 valence electrons. The van der Waals surface area contributed by atoms with Crippen molar-refractivity contribution in [3.63, 3.8) is 0 Å². The SMILES string of the molecule is CC(OC(F)(F)F)c1ccc(C(=O)O)cc1F. The minimum Gasteiger partial charge on any atom is -0.478 e. The quantitative estimate of drug-likeness (QED) is 0.840. The smallest absolute Gasteiger partial charge is 0.478 e. The summed E-state index contributed by atoms with van der Waals surface area (Å²) >= 11 is 0. The van der Waals surface area contributed by atoms with Crippen LogP contribution in [-0.2, 0) is 4.74 Å². The molecule has 0 heterocycles. The van der Waals surface area contributed by atoms with E-state index in [1.54, 1.807) is 0 Å². The molecule has 1 N–H and O–H groups in total. The van der Waals surface area contributed by atoms with Gasteiger partial charge in [-0.1, -0.05) is 6.07 Å². The average molecular weight is 252 g/mol. The number of alkyl halides is 3. The van der Waals surface area contributed by atoms with E-state index in [0.717, 1.165) is 19.1 Å². The summed E-state index contributed by atoms with van der Waals surface area (Å²) in [7, 11) is 0. The Balaban J connectivity index is 2.96. The maximum Gasteiger partial charge on any atom is 0.523 e. The molecule has 1 rings (SSSR count). The molecule has 0 fully saturated rings. The van der Waals surface area contributed by atoms with E-state index >= 15 is 0 Å². The van der Waals surface area contributed by atoms with Crippen LogP contribution >= 0.6 is 0 Å². The number of carboxylic acid groups (broad SMARTS) is 1. The number of carboxylic acids is 1. The van der Waals surface area contributed by atoms with Crippen LogP contribution in [0.3, 0.4) is 0 Å². The van der Waals surface area contributed by atoms with E-state index < -0.39 is 24.3 Å². The number of rotatable bonds is 3. The van der Waals surface area contributed by atoms with Gasteiger partial charge in [-0.05, 0) is 19.1 Å². The molecule has 3 nitrogen and oxygen atoms in total. The first kappa shape index (κ1) is 13.4. The summed E-state index contributed by atoms with van der Waals surface area (Å²) in [6.07, 6.45) is -6.42. The lowest BCUT2D eigenvalue weighted by Crippen LogP contribution is -2.17. The van der Waals surface area contributed by atoms with Crippen LogP contribution in [0.1, 0.15) is 28.9 Å². The van der Waals surface area contributed by atoms with E-state index in [1.807, 2.05) is 0 Å². The van der Waals surface area contributed by atoms with Gasteiger partial charge >= 0.3 is 12.3 Å². The summed E-state index contributed by atoms with van der Waals surface area (Å²) in [5, 5.41) is 8.55. The third-order valence-electron chi connectivity index (χ3n) is 2.00. The van der Waals surface area contributed by atoms with Gasteiger partial charge in [-0.3, -0.25) is 4.74 Å². The molecule has 1 aromatic carbocycles. The lowest BCUT2D eigenvalue weighted by Gasteiger charge is -2.16. The third-order valence-corrected chi connectivity index (χ3v) is 2.00. The van der Waals surface area contributed by atoms with E-state index in [0.29, 0.717) is 6.07 Å². The fourth-order valence-electron chi connectivity index (χ4n) is 1.25. The van der Waals surface area contributed by atoms with Crippen molar-refractivity contribution in [1.82, 2.24) is 0 Å². The zero-order chi connectivity index (χ0) is 13.2. The normalized spacial score (nSPS) is 13.5. The maximum absolute atomic E-state index is 13.3. The zero-order valence-electron chi connectivity index (χ0n) is 8.58. The van der Waals surface area contributed by atoms with E-state index in [4.69, 9.17) is 5.11 Å². The predicted molar refractivity (Wildman–Crippen MR) is 48.9 cm³/mol. The Labute approximate surface area is 93.6 Å². The number of aromatic carboxylic acids is 1. The molecule has 0 saturated heterocycles. The monoisotopic (exact) mass is 252 g/mol. The van der Waals surface area contributed by atoms with Crippen molar-refractivity contribution < 1.29 is 32.2 Å². The minimum absolute atomic E-state index is 0.342. The number of hydrogen-bond acceptors (Lipinski definition) is 2. The van der Waals surface area contributed by atoms with Crippen molar-refractivity contribution in [3.8, 4) is 0 Å². The first-order valence-electron chi connectivity index (χ1n) is 4.48. The van der Waals surface area contributed by atoms with E-state index in [9.17, 15) is 22.4 Å². The molecule has 0 aromatic heterocycles. The molecular formula is C10H8F4O3. The highest BCUT2D eigenvalue weighted by molar-refractivity contribution is 5.87. The van der Waals surface area contributed by atoms with Crippen LogP contribution in [0.25, 0.3) is 0 Å². The highest BCUT2D eigenvalue weighted by atomic mass is 19.4. The first-order chi connectivity index (χ1) is 7.70. The summed E-state index contributed by atoms with van der Waals surface area (Å²) in [6, 6.07) is 2.61. The van der Waals surface area contributed by atoms with Crippen molar-refractivity contribution in [3.05, 3.63) is 35.1 Å². The van der Waals surface area contributed by atoms with Gasteiger partial charge in [-0.15, -0.1) is 13.2 Å². The van der Waals surface area contributed by atoms with E-state index in [-0.39, 0.29) is 11.1 Å². The van der Waals surface area contributed by atoms with Gasteiger partial charge in [0, 0.05) is 5.56 Å². The highest BCUT2D eigenvalue weighted by Gasteiger charge is 2.33. The molecule has 0 aliphatic heterocycles. The van der Waals surface area contributed by atoms with Gasteiger partial charge < -0.3 is 5.11 Å². The Hall–Kier alpha value is -1.63. The molecule has 0 radical (unpaired) electrons. The first-order valence-corrected chi connectivity index (χ1v) is 4.48. The largest absolute Gasteiger partial charge is 0.523 e. The van der Waals surface area contributed by atoms with Crippen molar-refractivity contribution in [2.45, 2.75) is 19.4 Å². The molecule has 7 heteroatoms. The Morgan fingerprint density at radius 2 is 2.00 bits per heavy atom. The zero-order valence-corrected chi connectivity index (χ0v) is 8.58. The maximum atomic E-state index is 13.3. The fraction of sp³-hybridized carbons (Fsp3) is 0.300. The summed E-state index contributed by atoms with van der Waals surface area (Å²) in [5.74, 6) is -2.42. The predicted octanol–water partition coefficient (Wildman–Crippen LogP) is 3.12. The second-order valence-corrected chi connectivity index (χ2v) is 3.25. The van der Waals surface area contributed by atoms with Gasteiger partial charge in [0.25, 0.3) is 0 Å². The van der Waals surface area contributed by atoms with Gasteiger partial charge in [0.1, 0.15) is 5.82 Å². The highest BCUT2D eigenvalue weighted by Crippen LogP contribution is 2.29. The van der Waals surface area contributed by atoms with Gasteiger partial charge in [0.05, 0.1) is 11.7 Å². The molecule has 17 heavy (non-hydrogen) atoms. The van der Waals surface area contributed by atoms with E-state index in [2.05, 4.69) is 4.74 Å². The molecule has 0 bridgehead atoms. The standard InChI is InChI=1S/C10H8F4O3/c1-5(17-10(12,13)14)7-3-2-6(9(15)16)4-8(7)11/h2-5H,1H3,(H,15,16). The van der Waals surface area contributed by atoms with Crippen LogP contribution in [-0.4, -0.2) is 17.4 Å². The second kappa shape index (κ2) is 4.70. The van der Waals surface area contributed by atoms with Crippen LogP contribution in [0.15, 0.2) is 18.2 Å². The van der Waals surface area contributed by atoms with Crippen molar-refractivity contribution in [2.75, 3.05) is 0 Å². The van der Waals surface area contributed by atoms with Gasteiger partial charge in [-0.2, -0.15) is 0 Å². The van der Waals surface area contributed by atoms with Crippen molar-refractivity contribution >= 4 is 5.97 Å². The summed E-state index contributed by atoms with van der Waals surface area (Å²) in [6.45, 7) is 1.02. The lowest BCUT2D eigenvalue weighted by molar-refractivity contribution is -0.342. The average Bonchev–Trinajstić information content (AvgIpc) is 2.14. The molecule has 0 amide bonds. The van der Waals surface area contributed by atoms with Crippen LogP contribution in [0.2, 0.25) is 0 Å². The molecule has 0 spiro atoms. The summed E-state index contributed by atoms with van der Waals surface area (Å²) in [4.78, 5) is 10.5. The number of halogens is 4. The van der Waals surface area contributed by atoms with Gasteiger partial charge in [-0.25, -0.2) is 9.18 Å². The molecular weight excluding hydrogens is 244 g/mol. The molecule has 0 saturated carbocycles. The topological polar surface area (TPSA) is 46.5 Å². The Morgan fingerprint density at radius 1 is 1.41 bits per heavy atom. The number of ether oxygens (including phenoxy) is 1. The van der Waals surface area contributed by atoms with Crippen LogP contribution in [0.4, 0.5) is 17.6 Å². The van der Waals surface area contributed by atoms with Gasteiger partial charge in [0.15, 0.2) is 0 Å². The summed E-state index contributed by atoms with van der Waals surface area (Å²) < 4.78 is 52.6. The molecule has 1 unspecified atom stereocenters. The number of carbonyl (C=O) groups is 1. The fourth-order valence-corrected chi connectivity index (χ4v) is 1.25. The minimum atomic E-state index is -4.88. The second-order valence-electron chi connectivity index (χ2n) is 3.25. The molecule has 0 aliphatic rings. The van der Waals surface area contributed by atoms with Gasteiger partial charge in [0.2, 0.25) is 0 Å². The van der Waals surface area contributed by atoms with Crippen LogP contribution in [0.5, 0.6) is 0 Å². The Morgan fingerprint density at radius 3 is 2.41 bits per heavy atom. The van der Waals surface area contributed by atoms with Crippen LogP contribution < -0.4 is 0 Å². The molecule has 1 aromatic rings. The summed E-state index contributed by atoms with van der Waals surface area (Å²) in [5.41, 5.74) is -0.696. The van der Waals surface area contributed by atoms with Crippen LogP contribution in [0, 0.1) is 5.82 Å². The number of hydrogen-bond donors (Lipinski definition) is 1. The molecule has 1 atom stereocenters. The van der Waals surface area contributed by atoms with Crippen molar-refractivity contribution in [2.24, 2.45) is 0 Å². The van der Waals surface area contributed by atoms with E-state index in [1.165, 1.54) is 0 Å².